The number of carbonyl (C=O) groups is 1. The second-order valence-electron chi connectivity index (χ2n) is 5.71. The molecule has 17 heavy (non-hydrogen) atoms. The Morgan fingerprint density at radius 2 is 2.00 bits per heavy atom. The quantitative estimate of drug-likeness (QED) is 0.721. The van der Waals surface area contributed by atoms with E-state index in [1.165, 1.54) is 24.8 Å². The Morgan fingerprint density at radius 1 is 1.18 bits per heavy atom. The molecule has 0 bridgehead atoms. The summed E-state index contributed by atoms with van der Waals surface area (Å²) < 4.78 is 0. The van der Waals surface area contributed by atoms with E-state index in [9.17, 15) is 4.79 Å². The average molecular weight is 227 g/mol. The zero-order valence-electron chi connectivity index (χ0n) is 9.93. The van der Waals surface area contributed by atoms with Gasteiger partial charge in [0.05, 0.1) is 5.41 Å². The topological polar surface area (TPSA) is 20.3 Å². The number of hydrogen-bond acceptors (Lipinski definition) is 1. The Bertz CT molecular complexity index is 469. The van der Waals surface area contributed by atoms with Gasteiger partial charge in [0.2, 0.25) is 5.91 Å². The molecule has 3 fully saturated rings. The average Bonchev–Trinajstić information content (AvgIpc) is 3.10. The first-order valence-corrected chi connectivity index (χ1v) is 6.70. The molecule has 1 aliphatic carbocycles. The summed E-state index contributed by atoms with van der Waals surface area (Å²) in [4.78, 5) is 14.8. The maximum absolute atomic E-state index is 12.6. The minimum Gasteiger partial charge on any atom is -0.339 e. The van der Waals surface area contributed by atoms with Crippen LogP contribution in [0.25, 0.3) is 0 Å². The van der Waals surface area contributed by atoms with E-state index in [-0.39, 0.29) is 5.41 Å². The lowest BCUT2D eigenvalue weighted by Crippen LogP contribution is -2.42. The first-order chi connectivity index (χ1) is 8.34. The second-order valence-corrected chi connectivity index (χ2v) is 5.71. The molecule has 3 aliphatic rings. The first-order valence-electron chi connectivity index (χ1n) is 6.70. The van der Waals surface area contributed by atoms with E-state index < -0.39 is 0 Å². The van der Waals surface area contributed by atoms with Gasteiger partial charge in [-0.25, -0.2) is 0 Å². The van der Waals surface area contributed by atoms with Gasteiger partial charge in [0, 0.05) is 12.6 Å². The molecule has 1 amide bonds. The van der Waals surface area contributed by atoms with Crippen LogP contribution in [-0.2, 0) is 10.2 Å². The molecule has 2 heterocycles. The maximum Gasteiger partial charge on any atom is 0.233 e. The number of benzene rings is 1. The third kappa shape index (κ3) is 1.09. The van der Waals surface area contributed by atoms with Gasteiger partial charge in [0.15, 0.2) is 0 Å². The van der Waals surface area contributed by atoms with Gasteiger partial charge in [-0.1, -0.05) is 30.3 Å². The summed E-state index contributed by atoms with van der Waals surface area (Å²) in [6.07, 6.45) is 4.82. The molecule has 3 atom stereocenters. The number of amides is 1. The summed E-state index contributed by atoms with van der Waals surface area (Å²) in [5, 5.41) is 0. The van der Waals surface area contributed by atoms with Crippen molar-refractivity contribution in [1.82, 2.24) is 4.90 Å². The van der Waals surface area contributed by atoms with Gasteiger partial charge in [0.25, 0.3) is 0 Å². The molecule has 2 aliphatic heterocycles. The number of nitrogens with zero attached hydrogens (tertiary/aromatic N) is 1. The lowest BCUT2D eigenvalue weighted by atomic mass is 9.93. The summed E-state index contributed by atoms with van der Waals surface area (Å²) in [5.41, 5.74) is 1.14. The van der Waals surface area contributed by atoms with Crippen LogP contribution in [0.1, 0.15) is 31.2 Å². The van der Waals surface area contributed by atoms with Crippen molar-refractivity contribution in [3.63, 3.8) is 0 Å². The molecule has 0 N–H and O–H groups in total. The van der Waals surface area contributed by atoms with Crippen LogP contribution < -0.4 is 0 Å². The summed E-state index contributed by atoms with van der Waals surface area (Å²) in [5.74, 6) is 1.02. The van der Waals surface area contributed by atoms with Gasteiger partial charge in [-0.15, -0.1) is 0 Å². The summed E-state index contributed by atoms with van der Waals surface area (Å²) >= 11 is 0. The van der Waals surface area contributed by atoms with Crippen molar-refractivity contribution in [2.45, 2.75) is 37.1 Å². The molecular weight excluding hydrogens is 210 g/mol. The van der Waals surface area contributed by atoms with Crippen LogP contribution in [0.2, 0.25) is 0 Å². The van der Waals surface area contributed by atoms with Crippen LogP contribution in [0, 0.1) is 5.92 Å². The molecule has 1 aromatic carbocycles. The zero-order valence-corrected chi connectivity index (χ0v) is 9.93. The van der Waals surface area contributed by atoms with Crippen LogP contribution in [0.15, 0.2) is 30.3 Å². The standard InChI is InChI=1S/C15H17NO/c17-14-15(11-6-2-1-3-7-11)10-12(15)13-8-4-5-9-16(13)14/h1-3,6-7,12-13H,4-5,8-10H2/t12-,13-,15+/m0/s1. The van der Waals surface area contributed by atoms with E-state index in [4.69, 9.17) is 0 Å². The van der Waals surface area contributed by atoms with Gasteiger partial charge < -0.3 is 4.90 Å². The van der Waals surface area contributed by atoms with Crippen molar-refractivity contribution in [2.24, 2.45) is 5.92 Å². The van der Waals surface area contributed by atoms with Crippen LogP contribution in [0.4, 0.5) is 0 Å². The van der Waals surface area contributed by atoms with Gasteiger partial charge in [0.1, 0.15) is 0 Å². The van der Waals surface area contributed by atoms with Crippen LogP contribution in [-0.4, -0.2) is 23.4 Å². The van der Waals surface area contributed by atoms with Gasteiger partial charge in [-0.05, 0) is 37.2 Å². The Balaban J connectivity index is 1.76. The number of carbonyl (C=O) groups excluding carboxylic acids is 1. The molecule has 2 nitrogen and oxygen atoms in total. The minimum absolute atomic E-state index is 0.115. The smallest absolute Gasteiger partial charge is 0.233 e. The van der Waals surface area contributed by atoms with Crippen molar-refractivity contribution in [2.75, 3.05) is 6.54 Å². The largest absolute Gasteiger partial charge is 0.339 e. The molecule has 0 aromatic heterocycles. The highest BCUT2D eigenvalue weighted by Gasteiger charge is 2.71. The van der Waals surface area contributed by atoms with Crippen molar-refractivity contribution in [3.05, 3.63) is 35.9 Å². The predicted molar refractivity (Wildman–Crippen MR) is 65.6 cm³/mol. The van der Waals surface area contributed by atoms with Crippen molar-refractivity contribution < 1.29 is 4.79 Å². The lowest BCUT2D eigenvalue weighted by molar-refractivity contribution is -0.133. The second kappa shape index (κ2) is 3.12. The normalized spacial score (nSPS) is 38.8. The van der Waals surface area contributed by atoms with E-state index in [1.54, 1.807) is 0 Å². The molecule has 4 rings (SSSR count). The van der Waals surface area contributed by atoms with Gasteiger partial charge in [-0.3, -0.25) is 4.79 Å². The highest BCUT2D eigenvalue weighted by Crippen LogP contribution is 2.64. The molecule has 0 spiro atoms. The van der Waals surface area contributed by atoms with Crippen molar-refractivity contribution in [3.8, 4) is 0 Å². The molecule has 2 heteroatoms. The Morgan fingerprint density at radius 3 is 2.76 bits per heavy atom. The number of hydrogen-bond donors (Lipinski definition) is 0. The molecule has 0 radical (unpaired) electrons. The number of rotatable bonds is 1. The molecule has 1 saturated carbocycles. The van der Waals surface area contributed by atoms with Crippen LogP contribution in [0.3, 0.4) is 0 Å². The summed E-state index contributed by atoms with van der Waals surface area (Å²) in [6, 6.07) is 11.0. The Hall–Kier alpha value is -1.31. The molecule has 0 unspecified atom stereocenters. The number of fused-ring (bicyclic) bond motifs is 3. The minimum atomic E-state index is -0.115. The van der Waals surface area contributed by atoms with E-state index in [1.807, 2.05) is 6.07 Å². The lowest BCUT2D eigenvalue weighted by Gasteiger charge is -2.32. The predicted octanol–water partition coefficient (Wildman–Crippen LogP) is 2.34. The van der Waals surface area contributed by atoms with Crippen LogP contribution in [0.5, 0.6) is 0 Å². The SMILES string of the molecule is O=C1N2CCCC[C@H]2[C@@H]2C[C@]12c1ccccc1. The van der Waals surface area contributed by atoms with E-state index >= 15 is 0 Å². The molecule has 2 saturated heterocycles. The van der Waals surface area contributed by atoms with Gasteiger partial charge in [-0.2, -0.15) is 0 Å². The Kier molecular flexibility index (Phi) is 1.78. The van der Waals surface area contributed by atoms with E-state index in [2.05, 4.69) is 29.2 Å². The third-order valence-electron chi connectivity index (χ3n) is 4.96. The third-order valence-corrected chi connectivity index (χ3v) is 4.96. The van der Waals surface area contributed by atoms with E-state index in [0.29, 0.717) is 17.9 Å². The van der Waals surface area contributed by atoms with Crippen molar-refractivity contribution >= 4 is 5.91 Å². The fraction of sp³-hybridized carbons (Fsp3) is 0.533. The van der Waals surface area contributed by atoms with Crippen LogP contribution >= 0.6 is 0 Å². The first kappa shape index (κ1) is 9.69. The monoisotopic (exact) mass is 227 g/mol. The fourth-order valence-electron chi connectivity index (χ4n) is 4.07. The van der Waals surface area contributed by atoms with Crippen molar-refractivity contribution in [1.29, 1.82) is 0 Å². The van der Waals surface area contributed by atoms with E-state index in [0.717, 1.165) is 13.0 Å². The number of piperidine rings is 2. The highest BCUT2D eigenvalue weighted by atomic mass is 16.2. The summed E-state index contributed by atoms with van der Waals surface area (Å²) in [6.45, 7) is 0.995. The maximum atomic E-state index is 12.6. The molecule has 88 valence electrons. The fourth-order valence-corrected chi connectivity index (χ4v) is 4.07. The molecular formula is C15H17NO. The summed E-state index contributed by atoms with van der Waals surface area (Å²) in [7, 11) is 0. The highest BCUT2D eigenvalue weighted by molar-refractivity contribution is 5.95. The zero-order chi connectivity index (χ0) is 11.5. The van der Waals surface area contributed by atoms with Gasteiger partial charge >= 0.3 is 0 Å². The molecule has 1 aromatic rings. The Labute approximate surface area is 102 Å².